The summed E-state index contributed by atoms with van der Waals surface area (Å²) in [6.07, 6.45) is 1.65. The number of rotatable bonds is 7. The number of para-hydroxylation sites is 1. The van der Waals surface area contributed by atoms with Crippen LogP contribution in [-0.2, 0) is 4.74 Å². The predicted octanol–water partition coefficient (Wildman–Crippen LogP) is 3.85. The predicted molar refractivity (Wildman–Crippen MR) is 92.5 cm³/mol. The van der Waals surface area contributed by atoms with Crippen molar-refractivity contribution in [1.29, 1.82) is 0 Å². The second-order valence-electron chi connectivity index (χ2n) is 4.91. The van der Waals surface area contributed by atoms with E-state index in [0.717, 1.165) is 0 Å². The Morgan fingerprint density at radius 3 is 2.46 bits per heavy atom. The van der Waals surface area contributed by atoms with Gasteiger partial charge in [-0.3, -0.25) is 9.79 Å². The van der Waals surface area contributed by atoms with Gasteiger partial charge in [0, 0.05) is 18.2 Å². The largest absolute Gasteiger partial charge is 0.497 e. The molecule has 24 heavy (non-hydrogen) atoms. The van der Waals surface area contributed by atoms with Crippen molar-refractivity contribution in [3.63, 3.8) is 0 Å². The normalized spacial score (nSPS) is 10.6. The highest BCUT2D eigenvalue weighted by Crippen LogP contribution is 2.19. The molecule has 0 aliphatic heterocycles. The molecule has 0 spiro atoms. The average molecular weight is 325 g/mol. The first-order valence-electron chi connectivity index (χ1n) is 7.61. The maximum atomic E-state index is 12.1. The second kappa shape index (κ2) is 8.62. The van der Waals surface area contributed by atoms with Crippen LogP contribution < -0.4 is 4.74 Å². The maximum absolute atomic E-state index is 12.1. The molecule has 124 valence electrons. The number of ketones is 1. The van der Waals surface area contributed by atoms with Crippen LogP contribution in [0.15, 0.2) is 53.5 Å². The Morgan fingerprint density at radius 1 is 1.08 bits per heavy atom. The maximum Gasteiger partial charge on any atom is 0.340 e. The summed E-state index contributed by atoms with van der Waals surface area (Å²) in [4.78, 5) is 28.2. The van der Waals surface area contributed by atoms with Crippen LogP contribution in [-0.4, -0.2) is 31.7 Å². The van der Waals surface area contributed by atoms with Crippen LogP contribution in [0.2, 0.25) is 0 Å². The van der Waals surface area contributed by atoms with Gasteiger partial charge < -0.3 is 9.47 Å². The quantitative estimate of drug-likeness (QED) is 0.441. The standard InChI is InChI=1S/C19H19NO4/c1-3-24-19(22)16-6-4-5-7-17(16)20-13-12-18(21)14-8-10-15(23-2)11-9-14/h4-11,13H,3,12H2,1-2H3. The minimum atomic E-state index is -0.424. The topological polar surface area (TPSA) is 65.0 Å². The van der Waals surface area contributed by atoms with Crippen LogP contribution in [0.3, 0.4) is 0 Å². The molecule has 2 aromatic rings. The van der Waals surface area contributed by atoms with Crippen LogP contribution in [0.1, 0.15) is 34.1 Å². The van der Waals surface area contributed by atoms with Gasteiger partial charge in [0.05, 0.1) is 25.0 Å². The zero-order valence-corrected chi connectivity index (χ0v) is 13.7. The number of methoxy groups -OCH3 is 1. The van der Waals surface area contributed by atoms with E-state index >= 15 is 0 Å². The molecule has 5 nitrogen and oxygen atoms in total. The number of carbonyl (C=O) groups excluding carboxylic acids is 2. The summed E-state index contributed by atoms with van der Waals surface area (Å²) >= 11 is 0. The van der Waals surface area contributed by atoms with Crippen LogP contribution in [0.25, 0.3) is 0 Å². The van der Waals surface area contributed by atoms with Gasteiger partial charge in [-0.1, -0.05) is 12.1 Å². The Labute approximate surface area is 140 Å². The summed E-state index contributed by atoms with van der Waals surface area (Å²) in [5, 5.41) is 0. The van der Waals surface area contributed by atoms with E-state index in [1.54, 1.807) is 62.6 Å². The number of hydrogen-bond donors (Lipinski definition) is 0. The van der Waals surface area contributed by atoms with Crippen molar-refractivity contribution in [2.45, 2.75) is 13.3 Å². The highest BCUT2D eigenvalue weighted by Gasteiger charge is 2.11. The minimum Gasteiger partial charge on any atom is -0.497 e. The number of ether oxygens (including phenoxy) is 2. The third kappa shape index (κ3) is 4.52. The van der Waals surface area contributed by atoms with Crippen molar-refractivity contribution in [3.05, 3.63) is 59.7 Å². The summed E-state index contributed by atoms with van der Waals surface area (Å²) in [5.74, 6) is 0.213. The van der Waals surface area contributed by atoms with Crippen molar-refractivity contribution >= 4 is 23.7 Å². The minimum absolute atomic E-state index is 0.0602. The molecular weight excluding hydrogens is 306 g/mol. The number of Topliss-reactive ketones (excluding diaryl/α,β-unsaturated/α-hetero) is 1. The molecule has 0 unspecified atom stereocenters. The first kappa shape index (κ1) is 17.4. The highest BCUT2D eigenvalue weighted by molar-refractivity contribution is 6.04. The Bertz CT molecular complexity index is 735. The molecule has 0 radical (unpaired) electrons. The lowest BCUT2D eigenvalue weighted by molar-refractivity contribution is 0.0527. The fourth-order valence-corrected chi connectivity index (χ4v) is 2.09. The van der Waals surface area contributed by atoms with Gasteiger partial charge in [0.1, 0.15) is 5.75 Å². The number of benzene rings is 2. The lowest BCUT2D eigenvalue weighted by Gasteiger charge is -2.04. The first-order valence-corrected chi connectivity index (χ1v) is 7.61. The van der Waals surface area contributed by atoms with Crippen molar-refractivity contribution < 1.29 is 19.1 Å². The van der Waals surface area contributed by atoms with Crippen molar-refractivity contribution in [3.8, 4) is 5.75 Å². The van der Waals surface area contributed by atoms with Crippen LogP contribution >= 0.6 is 0 Å². The Morgan fingerprint density at radius 2 is 1.79 bits per heavy atom. The third-order valence-electron chi connectivity index (χ3n) is 3.32. The SMILES string of the molecule is CCOC(=O)c1ccccc1N=CCC(=O)c1ccc(OC)cc1. The second-order valence-corrected chi connectivity index (χ2v) is 4.91. The summed E-state index contributed by atoms with van der Waals surface area (Å²) in [6.45, 7) is 2.05. The van der Waals surface area contributed by atoms with Gasteiger partial charge >= 0.3 is 5.97 Å². The molecule has 0 aliphatic rings. The molecule has 0 N–H and O–H groups in total. The third-order valence-corrected chi connectivity index (χ3v) is 3.32. The number of nitrogens with zero attached hydrogens (tertiary/aromatic N) is 1. The molecule has 0 heterocycles. The Kier molecular flexibility index (Phi) is 6.25. The van der Waals surface area contributed by atoms with Gasteiger partial charge in [0.15, 0.2) is 5.78 Å². The fraction of sp³-hybridized carbons (Fsp3) is 0.211. The van der Waals surface area contributed by atoms with Gasteiger partial charge in [-0.25, -0.2) is 4.79 Å². The van der Waals surface area contributed by atoms with Crippen molar-refractivity contribution in [2.24, 2.45) is 4.99 Å². The van der Waals surface area contributed by atoms with E-state index in [-0.39, 0.29) is 12.2 Å². The fourth-order valence-electron chi connectivity index (χ4n) is 2.09. The number of hydrogen-bond acceptors (Lipinski definition) is 5. The average Bonchev–Trinajstić information content (AvgIpc) is 2.62. The summed E-state index contributed by atoms with van der Waals surface area (Å²) in [5.41, 5.74) is 1.45. The monoisotopic (exact) mass is 325 g/mol. The molecule has 0 saturated heterocycles. The molecule has 0 amide bonds. The van der Waals surface area contributed by atoms with E-state index in [1.807, 2.05) is 0 Å². The van der Waals surface area contributed by atoms with Gasteiger partial charge in [-0.05, 0) is 43.3 Å². The van der Waals surface area contributed by atoms with E-state index in [4.69, 9.17) is 9.47 Å². The molecule has 2 aromatic carbocycles. The zero-order chi connectivity index (χ0) is 17.4. The molecule has 0 bridgehead atoms. The first-order chi connectivity index (χ1) is 11.7. The Hall–Kier alpha value is -2.95. The smallest absolute Gasteiger partial charge is 0.340 e. The summed E-state index contributed by atoms with van der Waals surface area (Å²) in [6, 6.07) is 13.8. The lowest BCUT2D eigenvalue weighted by Crippen LogP contribution is -2.05. The van der Waals surface area contributed by atoms with Crippen LogP contribution in [0.4, 0.5) is 5.69 Å². The molecule has 0 aliphatic carbocycles. The van der Waals surface area contributed by atoms with Gasteiger partial charge in [-0.2, -0.15) is 0 Å². The number of aliphatic imine (C=N–C) groups is 1. The molecule has 2 rings (SSSR count). The van der Waals surface area contributed by atoms with E-state index in [9.17, 15) is 9.59 Å². The van der Waals surface area contributed by atoms with Crippen molar-refractivity contribution in [1.82, 2.24) is 0 Å². The molecule has 0 atom stereocenters. The van der Waals surface area contributed by atoms with Gasteiger partial charge in [0.25, 0.3) is 0 Å². The van der Waals surface area contributed by atoms with E-state index < -0.39 is 5.97 Å². The molecule has 0 aromatic heterocycles. The highest BCUT2D eigenvalue weighted by atomic mass is 16.5. The Balaban J connectivity index is 2.05. The summed E-state index contributed by atoms with van der Waals surface area (Å²) in [7, 11) is 1.57. The molecule has 5 heteroatoms. The van der Waals surface area contributed by atoms with Gasteiger partial charge in [0.2, 0.25) is 0 Å². The lowest BCUT2D eigenvalue weighted by atomic mass is 10.1. The van der Waals surface area contributed by atoms with E-state index in [0.29, 0.717) is 29.2 Å². The summed E-state index contributed by atoms with van der Waals surface area (Å²) < 4.78 is 10.1. The van der Waals surface area contributed by atoms with Crippen LogP contribution in [0.5, 0.6) is 5.75 Å². The van der Waals surface area contributed by atoms with E-state index in [1.165, 1.54) is 6.21 Å². The van der Waals surface area contributed by atoms with Gasteiger partial charge in [-0.15, -0.1) is 0 Å². The molecule has 0 saturated carbocycles. The van der Waals surface area contributed by atoms with Crippen LogP contribution in [0, 0.1) is 0 Å². The molecule has 0 fully saturated rings. The van der Waals surface area contributed by atoms with Crippen molar-refractivity contribution in [2.75, 3.05) is 13.7 Å². The number of carbonyl (C=O) groups is 2. The number of esters is 1. The molecular formula is C19H19NO4. The van der Waals surface area contributed by atoms with E-state index in [2.05, 4.69) is 4.99 Å². The zero-order valence-electron chi connectivity index (χ0n) is 13.7.